The fraction of sp³-hybridized carbons (Fsp3) is 0.333. The monoisotopic (exact) mass is 290 g/mol. The first kappa shape index (κ1) is 14.9. The Kier molecular flexibility index (Phi) is 4.16. The lowest BCUT2D eigenvalue weighted by atomic mass is 10.0. The molecule has 2 aromatic rings. The number of amides is 1. The molecule has 1 amide bonds. The van der Waals surface area contributed by atoms with Gasteiger partial charge in [-0.05, 0) is 23.8 Å². The number of carbonyl (C=O) groups is 2. The molecule has 2 N–H and O–H groups in total. The van der Waals surface area contributed by atoms with E-state index in [2.05, 4.69) is 4.98 Å². The van der Waals surface area contributed by atoms with Crippen molar-refractivity contribution in [3.8, 4) is 5.75 Å². The minimum Gasteiger partial charge on any atom is -0.497 e. The van der Waals surface area contributed by atoms with Gasteiger partial charge in [-0.15, -0.1) is 0 Å². The van der Waals surface area contributed by atoms with Gasteiger partial charge >= 0.3 is 5.97 Å². The summed E-state index contributed by atoms with van der Waals surface area (Å²) in [5, 5.41) is 10.2. The molecule has 21 heavy (non-hydrogen) atoms. The van der Waals surface area contributed by atoms with Gasteiger partial charge in [-0.3, -0.25) is 4.79 Å². The molecule has 0 bridgehead atoms. The highest BCUT2D eigenvalue weighted by Gasteiger charge is 2.25. The summed E-state index contributed by atoms with van der Waals surface area (Å²) in [7, 11) is 3.08. The first-order chi connectivity index (χ1) is 9.93. The summed E-state index contributed by atoms with van der Waals surface area (Å²) < 4.78 is 5.19. The molecule has 1 heterocycles. The van der Waals surface area contributed by atoms with Crippen LogP contribution >= 0.6 is 0 Å². The van der Waals surface area contributed by atoms with Crippen LogP contribution in [0.3, 0.4) is 0 Å². The van der Waals surface area contributed by atoms with E-state index in [1.807, 2.05) is 18.2 Å². The van der Waals surface area contributed by atoms with Crippen molar-refractivity contribution in [2.75, 3.05) is 14.2 Å². The molecule has 2 rings (SSSR count). The maximum absolute atomic E-state index is 11.4. The first-order valence-corrected chi connectivity index (χ1v) is 6.54. The lowest BCUT2D eigenvalue weighted by Crippen LogP contribution is -2.42. The third kappa shape index (κ3) is 2.99. The summed E-state index contributed by atoms with van der Waals surface area (Å²) in [6, 6.07) is 4.67. The normalized spacial score (nSPS) is 12.1. The van der Waals surface area contributed by atoms with Gasteiger partial charge in [-0.2, -0.15) is 0 Å². The van der Waals surface area contributed by atoms with Crippen LogP contribution in [0.2, 0.25) is 0 Å². The molecule has 6 nitrogen and oxygen atoms in total. The Hall–Kier alpha value is -2.50. The third-order valence-corrected chi connectivity index (χ3v) is 3.64. The van der Waals surface area contributed by atoms with Crippen LogP contribution in [0.5, 0.6) is 5.75 Å². The van der Waals surface area contributed by atoms with Crippen LogP contribution in [-0.2, 0) is 16.0 Å². The van der Waals surface area contributed by atoms with Gasteiger partial charge in [0.1, 0.15) is 11.8 Å². The number of benzene rings is 1. The predicted octanol–water partition coefficient (Wildman–Crippen LogP) is 1.65. The molecule has 0 aliphatic heterocycles. The molecule has 0 aliphatic rings. The average Bonchev–Trinajstić information content (AvgIpc) is 2.85. The number of aromatic nitrogens is 1. The van der Waals surface area contributed by atoms with E-state index in [4.69, 9.17) is 4.74 Å². The summed E-state index contributed by atoms with van der Waals surface area (Å²) in [6.07, 6.45) is 2.01. The summed E-state index contributed by atoms with van der Waals surface area (Å²) in [4.78, 5) is 27.2. The number of methoxy groups -OCH3 is 1. The van der Waals surface area contributed by atoms with Gasteiger partial charge in [0.15, 0.2) is 0 Å². The van der Waals surface area contributed by atoms with Crippen molar-refractivity contribution in [2.24, 2.45) is 0 Å². The van der Waals surface area contributed by atoms with E-state index in [0.717, 1.165) is 16.5 Å². The molecule has 6 heteroatoms. The van der Waals surface area contributed by atoms with E-state index in [0.29, 0.717) is 5.75 Å². The van der Waals surface area contributed by atoms with Gasteiger partial charge in [0.25, 0.3) is 0 Å². The van der Waals surface area contributed by atoms with Crippen LogP contribution in [0.4, 0.5) is 0 Å². The largest absolute Gasteiger partial charge is 0.497 e. The smallest absolute Gasteiger partial charge is 0.326 e. The highest BCUT2D eigenvalue weighted by Crippen LogP contribution is 2.25. The van der Waals surface area contributed by atoms with Crippen LogP contribution in [0.1, 0.15) is 12.5 Å². The second-order valence-electron chi connectivity index (χ2n) is 4.91. The van der Waals surface area contributed by atoms with Gasteiger partial charge < -0.3 is 19.7 Å². The lowest BCUT2D eigenvalue weighted by molar-refractivity contribution is -0.148. The number of H-pyrrole nitrogens is 1. The topological polar surface area (TPSA) is 82.6 Å². The molecule has 0 aliphatic carbocycles. The molecule has 1 aromatic heterocycles. The zero-order valence-corrected chi connectivity index (χ0v) is 12.2. The molecule has 112 valence electrons. The van der Waals surface area contributed by atoms with Crippen LogP contribution in [0.25, 0.3) is 10.9 Å². The quantitative estimate of drug-likeness (QED) is 0.877. The number of nitrogens with zero attached hydrogens (tertiary/aromatic N) is 1. The molecule has 0 saturated carbocycles. The molecule has 1 atom stereocenters. The predicted molar refractivity (Wildman–Crippen MR) is 78.4 cm³/mol. The number of fused-ring (bicyclic) bond motifs is 1. The van der Waals surface area contributed by atoms with E-state index in [1.165, 1.54) is 18.9 Å². The van der Waals surface area contributed by atoms with Crippen molar-refractivity contribution >= 4 is 22.8 Å². The lowest BCUT2D eigenvalue weighted by Gasteiger charge is -2.23. The minimum atomic E-state index is -1.02. The third-order valence-electron chi connectivity index (χ3n) is 3.64. The number of carboxylic acid groups (broad SMARTS) is 1. The van der Waals surface area contributed by atoms with Crippen molar-refractivity contribution in [2.45, 2.75) is 19.4 Å². The van der Waals surface area contributed by atoms with Gasteiger partial charge in [0.2, 0.25) is 5.91 Å². The Bertz CT molecular complexity index is 677. The van der Waals surface area contributed by atoms with E-state index >= 15 is 0 Å². The van der Waals surface area contributed by atoms with E-state index in [-0.39, 0.29) is 12.3 Å². The number of hydrogen-bond donors (Lipinski definition) is 2. The van der Waals surface area contributed by atoms with Crippen LogP contribution in [0, 0.1) is 0 Å². The number of hydrogen-bond acceptors (Lipinski definition) is 3. The summed E-state index contributed by atoms with van der Waals surface area (Å²) >= 11 is 0. The van der Waals surface area contributed by atoms with Crippen molar-refractivity contribution in [3.05, 3.63) is 30.0 Å². The van der Waals surface area contributed by atoms with Gasteiger partial charge in [0.05, 0.1) is 7.11 Å². The number of rotatable bonds is 5. The zero-order chi connectivity index (χ0) is 15.6. The highest BCUT2D eigenvalue weighted by atomic mass is 16.5. The maximum Gasteiger partial charge on any atom is 0.326 e. The average molecular weight is 290 g/mol. The maximum atomic E-state index is 11.4. The Labute approximate surface area is 122 Å². The van der Waals surface area contributed by atoms with Crippen molar-refractivity contribution in [1.29, 1.82) is 0 Å². The molecule has 0 unspecified atom stereocenters. The molecule has 0 saturated heterocycles. The van der Waals surface area contributed by atoms with E-state index < -0.39 is 12.0 Å². The van der Waals surface area contributed by atoms with Crippen LogP contribution < -0.4 is 4.74 Å². The van der Waals surface area contributed by atoms with E-state index in [9.17, 15) is 14.7 Å². The molecule has 0 radical (unpaired) electrons. The second-order valence-corrected chi connectivity index (χ2v) is 4.91. The standard InChI is InChI=1S/C15H18N2O4/c1-9(18)17(2)14(15(19)20)6-10-8-16-13-5-4-11(21-3)7-12(10)13/h4-5,7-8,14,16H,6H2,1-3H3,(H,19,20)/t14-/m0/s1. The van der Waals surface area contributed by atoms with Gasteiger partial charge in [-0.1, -0.05) is 0 Å². The van der Waals surface area contributed by atoms with Crippen molar-refractivity contribution < 1.29 is 19.4 Å². The molecular formula is C15H18N2O4. The summed E-state index contributed by atoms with van der Waals surface area (Å²) in [5.41, 5.74) is 1.74. The number of nitrogens with one attached hydrogen (secondary N) is 1. The Balaban J connectivity index is 2.36. The number of carbonyl (C=O) groups excluding carboxylic acids is 1. The number of likely N-dealkylation sites (N-methyl/N-ethyl adjacent to an activating group) is 1. The van der Waals surface area contributed by atoms with Crippen LogP contribution in [0.15, 0.2) is 24.4 Å². The SMILES string of the molecule is COc1ccc2[nH]cc(C[C@@H](C(=O)O)N(C)C(C)=O)c2c1. The van der Waals surface area contributed by atoms with Crippen molar-refractivity contribution in [1.82, 2.24) is 9.88 Å². The molecule has 0 fully saturated rings. The zero-order valence-electron chi connectivity index (χ0n) is 12.2. The Morgan fingerprint density at radius 3 is 2.71 bits per heavy atom. The van der Waals surface area contributed by atoms with Gasteiger partial charge in [0, 0.05) is 37.5 Å². The fourth-order valence-corrected chi connectivity index (χ4v) is 2.27. The van der Waals surface area contributed by atoms with Crippen molar-refractivity contribution in [3.63, 3.8) is 0 Å². The Morgan fingerprint density at radius 2 is 2.14 bits per heavy atom. The van der Waals surface area contributed by atoms with E-state index in [1.54, 1.807) is 13.3 Å². The second kappa shape index (κ2) is 5.87. The van der Waals surface area contributed by atoms with Crippen LogP contribution in [-0.4, -0.2) is 47.1 Å². The fourth-order valence-electron chi connectivity index (χ4n) is 2.27. The molecule has 0 spiro atoms. The summed E-state index contributed by atoms with van der Waals surface area (Å²) in [6.45, 7) is 1.36. The number of aromatic amines is 1. The minimum absolute atomic E-state index is 0.235. The van der Waals surface area contributed by atoms with Gasteiger partial charge in [-0.25, -0.2) is 4.79 Å². The molecule has 1 aromatic carbocycles. The first-order valence-electron chi connectivity index (χ1n) is 6.54. The molecular weight excluding hydrogens is 272 g/mol. The Morgan fingerprint density at radius 1 is 1.43 bits per heavy atom. The number of carboxylic acids is 1. The highest BCUT2D eigenvalue weighted by molar-refractivity contribution is 5.87. The number of aliphatic carboxylic acids is 1. The summed E-state index contributed by atoms with van der Waals surface area (Å²) in [5.74, 6) is -0.597. The number of ether oxygens (including phenoxy) is 1.